The number of aryl methyl sites for hydroxylation is 1. The first-order valence-electron chi connectivity index (χ1n) is 6.99. The van der Waals surface area contributed by atoms with Gasteiger partial charge in [0.15, 0.2) is 0 Å². The predicted molar refractivity (Wildman–Crippen MR) is 91.2 cm³/mol. The minimum atomic E-state index is 0.327. The summed E-state index contributed by atoms with van der Waals surface area (Å²) in [5.74, 6) is 1.96. The van der Waals surface area contributed by atoms with E-state index in [2.05, 4.69) is 58.8 Å². The van der Waals surface area contributed by atoms with Gasteiger partial charge in [0, 0.05) is 23.8 Å². The number of para-hydroxylation sites is 1. The van der Waals surface area contributed by atoms with Crippen LogP contribution >= 0.6 is 15.9 Å². The summed E-state index contributed by atoms with van der Waals surface area (Å²) in [5, 5.41) is 0. The van der Waals surface area contributed by atoms with Crippen molar-refractivity contribution in [2.45, 2.75) is 26.3 Å². The van der Waals surface area contributed by atoms with Crippen molar-refractivity contribution in [3.63, 3.8) is 0 Å². The first-order chi connectivity index (χ1) is 10.0. The molecule has 0 radical (unpaired) electrons. The van der Waals surface area contributed by atoms with Crippen molar-refractivity contribution in [3.8, 4) is 5.75 Å². The molecule has 2 aromatic rings. The number of pyridine rings is 1. The smallest absolute Gasteiger partial charge is 0.131 e. The van der Waals surface area contributed by atoms with Crippen LogP contribution < -0.4 is 9.64 Å². The van der Waals surface area contributed by atoms with Gasteiger partial charge in [0.25, 0.3) is 0 Å². The second kappa shape index (κ2) is 6.94. The maximum atomic E-state index is 5.43. The number of benzene rings is 1. The van der Waals surface area contributed by atoms with E-state index in [9.17, 15) is 0 Å². The number of anilines is 1. The highest BCUT2D eigenvalue weighted by molar-refractivity contribution is 9.10. The number of likely N-dealkylation sites (N-methyl/N-ethyl adjacent to an activating group) is 1. The van der Waals surface area contributed by atoms with Gasteiger partial charge in [0.2, 0.25) is 0 Å². The first kappa shape index (κ1) is 15.8. The molecule has 0 spiro atoms. The maximum absolute atomic E-state index is 5.43. The van der Waals surface area contributed by atoms with Crippen molar-refractivity contribution in [2.24, 2.45) is 0 Å². The molecule has 21 heavy (non-hydrogen) atoms. The van der Waals surface area contributed by atoms with Gasteiger partial charge in [-0.15, -0.1) is 0 Å². The summed E-state index contributed by atoms with van der Waals surface area (Å²) in [6.07, 6.45) is 2.76. The molecule has 0 amide bonds. The Labute approximate surface area is 135 Å². The van der Waals surface area contributed by atoms with E-state index < -0.39 is 0 Å². The van der Waals surface area contributed by atoms with Crippen LogP contribution in [-0.2, 0) is 6.42 Å². The van der Waals surface area contributed by atoms with Gasteiger partial charge in [-0.25, -0.2) is 4.98 Å². The summed E-state index contributed by atoms with van der Waals surface area (Å²) < 4.78 is 6.44. The van der Waals surface area contributed by atoms with E-state index in [4.69, 9.17) is 4.74 Å². The third kappa shape index (κ3) is 3.76. The van der Waals surface area contributed by atoms with Crippen LogP contribution in [0.2, 0.25) is 0 Å². The Morgan fingerprint density at radius 2 is 2.05 bits per heavy atom. The lowest BCUT2D eigenvalue weighted by atomic mass is 10.0. The molecule has 1 unspecified atom stereocenters. The molecule has 1 atom stereocenters. The van der Waals surface area contributed by atoms with E-state index in [0.717, 1.165) is 22.5 Å². The minimum absolute atomic E-state index is 0.327. The summed E-state index contributed by atoms with van der Waals surface area (Å²) in [5.41, 5.74) is 2.38. The van der Waals surface area contributed by atoms with Gasteiger partial charge in [0.05, 0.1) is 7.11 Å². The summed E-state index contributed by atoms with van der Waals surface area (Å²) in [6, 6.07) is 10.6. The average molecular weight is 349 g/mol. The third-order valence-corrected chi connectivity index (χ3v) is 4.15. The fourth-order valence-electron chi connectivity index (χ4n) is 2.44. The quantitative estimate of drug-likeness (QED) is 0.808. The lowest BCUT2D eigenvalue weighted by Gasteiger charge is -2.28. The lowest BCUT2D eigenvalue weighted by Crippen LogP contribution is -2.32. The number of nitrogens with zero attached hydrogens (tertiary/aromatic N) is 2. The fraction of sp³-hybridized carbons (Fsp3) is 0.353. The lowest BCUT2D eigenvalue weighted by molar-refractivity contribution is 0.408. The standard InChI is InChI=1S/C17H21BrN2O/c1-12-9-15(18)11-19-17(12)20(3)13(2)10-14-7-5-6-8-16(14)21-4/h5-9,11,13H,10H2,1-4H3. The van der Waals surface area contributed by atoms with Gasteiger partial charge in [-0.2, -0.15) is 0 Å². The molecule has 2 rings (SSSR count). The predicted octanol–water partition coefficient (Wildman–Crippen LogP) is 4.23. The third-order valence-electron chi connectivity index (χ3n) is 3.72. The largest absolute Gasteiger partial charge is 0.496 e. The topological polar surface area (TPSA) is 25.4 Å². The van der Waals surface area contributed by atoms with Crippen LogP contribution in [0.3, 0.4) is 0 Å². The number of hydrogen-bond donors (Lipinski definition) is 0. The number of ether oxygens (including phenoxy) is 1. The maximum Gasteiger partial charge on any atom is 0.131 e. The Kier molecular flexibility index (Phi) is 5.23. The Balaban J connectivity index is 2.17. The number of hydrogen-bond acceptors (Lipinski definition) is 3. The van der Waals surface area contributed by atoms with Crippen molar-refractivity contribution in [1.82, 2.24) is 4.98 Å². The molecule has 0 aliphatic carbocycles. The van der Waals surface area contributed by atoms with Gasteiger partial charge in [0.1, 0.15) is 11.6 Å². The Hall–Kier alpha value is -1.55. The van der Waals surface area contributed by atoms with Crippen LogP contribution in [0.4, 0.5) is 5.82 Å². The van der Waals surface area contributed by atoms with Gasteiger partial charge in [-0.3, -0.25) is 0 Å². The Morgan fingerprint density at radius 1 is 1.33 bits per heavy atom. The first-order valence-corrected chi connectivity index (χ1v) is 7.79. The fourth-order valence-corrected chi connectivity index (χ4v) is 2.88. The van der Waals surface area contributed by atoms with Crippen molar-refractivity contribution >= 4 is 21.7 Å². The highest BCUT2D eigenvalue weighted by atomic mass is 79.9. The van der Waals surface area contributed by atoms with Crippen LogP contribution in [0.25, 0.3) is 0 Å². The van der Waals surface area contributed by atoms with Crippen molar-refractivity contribution in [2.75, 3.05) is 19.1 Å². The molecule has 4 heteroatoms. The highest BCUT2D eigenvalue weighted by Crippen LogP contribution is 2.24. The SMILES string of the molecule is COc1ccccc1CC(C)N(C)c1ncc(Br)cc1C. The van der Waals surface area contributed by atoms with E-state index in [1.807, 2.05) is 24.4 Å². The number of aromatic nitrogens is 1. The zero-order valence-corrected chi connectivity index (χ0v) is 14.5. The van der Waals surface area contributed by atoms with Gasteiger partial charge < -0.3 is 9.64 Å². The van der Waals surface area contributed by atoms with Crippen LogP contribution in [0, 0.1) is 6.92 Å². The zero-order chi connectivity index (χ0) is 15.4. The average Bonchev–Trinajstić information content (AvgIpc) is 2.47. The number of rotatable bonds is 5. The van der Waals surface area contributed by atoms with E-state index >= 15 is 0 Å². The molecule has 0 aliphatic rings. The van der Waals surface area contributed by atoms with Crippen LogP contribution in [0.15, 0.2) is 41.0 Å². The second-order valence-corrected chi connectivity index (χ2v) is 6.19. The van der Waals surface area contributed by atoms with E-state index in [1.165, 1.54) is 11.1 Å². The molecule has 1 aromatic carbocycles. The summed E-state index contributed by atoms with van der Waals surface area (Å²) in [6.45, 7) is 4.29. The van der Waals surface area contributed by atoms with Crippen LogP contribution in [0.1, 0.15) is 18.1 Å². The Bertz CT molecular complexity index is 615. The molecule has 0 N–H and O–H groups in total. The second-order valence-electron chi connectivity index (χ2n) is 5.27. The highest BCUT2D eigenvalue weighted by Gasteiger charge is 2.15. The molecule has 0 aliphatic heterocycles. The van der Waals surface area contributed by atoms with Crippen molar-refractivity contribution in [1.29, 1.82) is 0 Å². The van der Waals surface area contributed by atoms with Crippen molar-refractivity contribution < 1.29 is 4.74 Å². The van der Waals surface area contributed by atoms with Gasteiger partial charge in [-0.05, 0) is 59.5 Å². The Morgan fingerprint density at radius 3 is 2.71 bits per heavy atom. The number of halogens is 1. The molecule has 3 nitrogen and oxygen atoms in total. The van der Waals surface area contributed by atoms with Gasteiger partial charge >= 0.3 is 0 Å². The molecular weight excluding hydrogens is 328 g/mol. The summed E-state index contributed by atoms with van der Waals surface area (Å²) >= 11 is 3.46. The van der Waals surface area contributed by atoms with Crippen molar-refractivity contribution in [3.05, 3.63) is 52.1 Å². The molecule has 1 aromatic heterocycles. The summed E-state index contributed by atoms with van der Waals surface area (Å²) in [7, 11) is 3.80. The molecule has 1 heterocycles. The molecular formula is C17H21BrN2O. The molecule has 0 fully saturated rings. The van der Waals surface area contributed by atoms with E-state index in [0.29, 0.717) is 6.04 Å². The van der Waals surface area contributed by atoms with Gasteiger partial charge in [-0.1, -0.05) is 18.2 Å². The normalized spacial score (nSPS) is 12.0. The van der Waals surface area contributed by atoms with Crippen LogP contribution in [0.5, 0.6) is 5.75 Å². The monoisotopic (exact) mass is 348 g/mol. The number of methoxy groups -OCH3 is 1. The summed E-state index contributed by atoms with van der Waals surface area (Å²) in [4.78, 5) is 6.75. The molecule has 112 valence electrons. The minimum Gasteiger partial charge on any atom is -0.496 e. The molecule has 0 bridgehead atoms. The van der Waals surface area contributed by atoms with Crippen LogP contribution in [-0.4, -0.2) is 25.2 Å². The van der Waals surface area contributed by atoms with E-state index in [-0.39, 0.29) is 0 Å². The molecule has 0 saturated carbocycles. The molecule has 0 saturated heterocycles. The van der Waals surface area contributed by atoms with E-state index in [1.54, 1.807) is 7.11 Å². The zero-order valence-electron chi connectivity index (χ0n) is 12.9.